The SMILES string of the molecule is COc1cc(Nc2cc(Oc3ccc(N)c4ccccc34)ccn2)cc(C(=O)NCCCN2CC[S+]([O-])CC2)c1. The summed E-state index contributed by atoms with van der Waals surface area (Å²) >= 11 is -0.683. The number of carbonyl (C=O) groups excluding carboxylic acids is 1. The maximum absolute atomic E-state index is 12.9. The Morgan fingerprint density at radius 3 is 2.65 bits per heavy atom. The van der Waals surface area contributed by atoms with E-state index < -0.39 is 11.2 Å². The van der Waals surface area contributed by atoms with Gasteiger partial charge in [0, 0.05) is 72.2 Å². The number of methoxy groups -OCH3 is 1. The Morgan fingerprint density at radius 2 is 1.85 bits per heavy atom. The predicted octanol–water partition coefficient (Wildman–Crippen LogP) is 4.55. The number of hydrogen-bond acceptors (Lipinski definition) is 8. The lowest BCUT2D eigenvalue weighted by atomic mass is 10.1. The van der Waals surface area contributed by atoms with Crippen molar-refractivity contribution in [1.29, 1.82) is 0 Å². The van der Waals surface area contributed by atoms with Crippen molar-refractivity contribution in [3.8, 4) is 17.2 Å². The summed E-state index contributed by atoms with van der Waals surface area (Å²) in [5.74, 6) is 3.69. The van der Waals surface area contributed by atoms with Crippen LogP contribution >= 0.6 is 0 Å². The number of nitrogens with one attached hydrogen (secondary N) is 2. The molecule has 4 aromatic rings. The number of benzene rings is 3. The third-order valence-electron chi connectivity index (χ3n) is 6.76. The van der Waals surface area contributed by atoms with Gasteiger partial charge in [-0.3, -0.25) is 9.69 Å². The van der Waals surface area contributed by atoms with Crippen LogP contribution in [0.3, 0.4) is 0 Å². The Bertz CT molecular complexity index is 1480. The predicted molar refractivity (Wildman–Crippen MR) is 160 cm³/mol. The molecule has 1 amide bonds. The highest BCUT2D eigenvalue weighted by Crippen LogP contribution is 2.34. The van der Waals surface area contributed by atoms with E-state index in [1.54, 1.807) is 43.6 Å². The van der Waals surface area contributed by atoms with E-state index in [2.05, 4.69) is 20.5 Å². The molecule has 0 aliphatic carbocycles. The zero-order valence-electron chi connectivity index (χ0n) is 22.4. The molecule has 1 fully saturated rings. The molecule has 2 heterocycles. The molecule has 208 valence electrons. The molecule has 0 spiro atoms. The van der Waals surface area contributed by atoms with Crippen LogP contribution in [0.5, 0.6) is 17.2 Å². The average molecular weight is 560 g/mol. The zero-order valence-corrected chi connectivity index (χ0v) is 23.2. The van der Waals surface area contributed by atoms with Crippen molar-refractivity contribution < 1.29 is 18.8 Å². The first-order valence-electron chi connectivity index (χ1n) is 13.2. The van der Waals surface area contributed by atoms with Crippen molar-refractivity contribution in [2.75, 3.05) is 55.8 Å². The van der Waals surface area contributed by atoms with Gasteiger partial charge in [0.1, 0.15) is 34.6 Å². The van der Waals surface area contributed by atoms with Gasteiger partial charge < -0.3 is 30.4 Å². The van der Waals surface area contributed by atoms with Gasteiger partial charge >= 0.3 is 0 Å². The second kappa shape index (κ2) is 12.9. The molecule has 3 aromatic carbocycles. The lowest BCUT2D eigenvalue weighted by Gasteiger charge is -2.27. The van der Waals surface area contributed by atoms with Crippen LogP contribution in [0.25, 0.3) is 10.8 Å². The van der Waals surface area contributed by atoms with E-state index in [1.807, 2.05) is 36.4 Å². The summed E-state index contributed by atoms with van der Waals surface area (Å²) in [6, 6.07) is 20.4. The van der Waals surface area contributed by atoms with E-state index in [4.69, 9.17) is 15.2 Å². The Labute approximate surface area is 236 Å². The van der Waals surface area contributed by atoms with Crippen molar-refractivity contribution >= 4 is 45.0 Å². The molecular formula is C30H33N5O4S. The first kappa shape index (κ1) is 27.6. The molecule has 0 atom stereocenters. The van der Waals surface area contributed by atoms with Gasteiger partial charge in [-0.15, -0.1) is 0 Å². The lowest BCUT2D eigenvalue weighted by molar-refractivity contribution is 0.0951. The smallest absolute Gasteiger partial charge is 0.251 e. The van der Waals surface area contributed by atoms with E-state index >= 15 is 0 Å². The molecule has 5 rings (SSSR count). The largest absolute Gasteiger partial charge is 0.616 e. The van der Waals surface area contributed by atoms with E-state index in [-0.39, 0.29) is 5.91 Å². The summed E-state index contributed by atoms with van der Waals surface area (Å²) in [7, 11) is 1.57. The number of hydrogen-bond donors (Lipinski definition) is 3. The summed E-state index contributed by atoms with van der Waals surface area (Å²) < 4.78 is 23.2. The number of anilines is 3. The van der Waals surface area contributed by atoms with E-state index in [0.29, 0.717) is 46.5 Å². The third kappa shape index (κ3) is 6.95. The van der Waals surface area contributed by atoms with Crippen molar-refractivity contribution in [2.24, 2.45) is 0 Å². The van der Waals surface area contributed by atoms with Gasteiger partial charge in [-0.25, -0.2) is 4.98 Å². The Balaban J connectivity index is 1.23. The minimum atomic E-state index is -0.683. The van der Waals surface area contributed by atoms with Gasteiger partial charge in [0.2, 0.25) is 0 Å². The van der Waals surface area contributed by atoms with Crippen LogP contribution in [-0.4, -0.2) is 65.1 Å². The Morgan fingerprint density at radius 1 is 1.05 bits per heavy atom. The number of aromatic nitrogens is 1. The minimum absolute atomic E-state index is 0.179. The number of amides is 1. The number of nitrogen functional groups attached to an aromatic ring is 1. The Kier molecular flexibility index (Phi) is 8.90. The number of pyridine rings is 1. The number of nitrogens with two attached hydrogens (primary N) is 1. The van der Waals surface area contributed by atoms with Gasteiger partial charge in [-0.1, -0.05) is 35.4 Å². The van der Waals surface area contributed by atoms with Crippen LogP contribution in [0.2, 0.25) is 0 Å². The maximum atomic E-state index is 12.9. The monoisotopic (exact) mass is 559 g/mol. The highest BCUT2D eigenvalue weighted by atomic mass is 32.2. The lowest BCUT2D eigenvalue weighted by Crippen LogP contribution is -2.41. The summed E-state index contributed by atoms with van der Waals surface area (Å²) in [6.45, 7) is 3.13. The summed E-state index contributed by atoms with van der Waals surface area (Å²) in [6.07, 6.45) is 2.48. The fourth-order valence-electron chi connectivity index (χ4n) is 4.63. The van der Waals surface area contributed by atoms with Crippen molar-refractivity contribution in [3.63, 3.8) is 0 Å². The zero-order chi connectivity index (χ0) is 27.9. The topological polar surface area (TPSA) is 125 Å². The minimum Gasteiger partial charge on any atom is -0.616 e. The fraction of sp³-hybridized carbons (Fsp3) is 0.267. The number of fused-ring (bicyclic) bond motifs is 1. The normalized spacial score (nSPS) is 14.2. The van der Waals surface area contributed by atoms with E-state index in [9.17, 15) is 9.35 Å². The van der Waals surface area contributed by atoms with E-state index in [0.717, 1.165) is 48.3 Å². The number of nitrogens with zero attached hydrogens (tertiary/aromatic N) is 2. The second-order valence-corrected chi connectivity index (χ2v) is 11.2. The average Bonchev–Trinajstić information content (AvgIpc) is 2.98. The molecule has 0 bridgehead atoms. The van der Waals surface area contributed by atoms with Crippen LogP contribution in [0, 0.1) is 0 Å². The molecule has 9 nitrogen and oxygen atoms in total. The molecule has 0 saturated carbocycles. The number of carbonyl (C=O) groups is 1. The highest BCUT2D eigenvalue weighted by Gasteiger charge is 2.18. The highest BCUT2D eigenvalue weighted by molar-refractivity contribution is 7.91. The first-order valence-corrected chi connectivity index (χ1v) is 14.7. The number of rotatable bonds is 10. The molecule has 1 saturated heterocycles. The standard InChI is InChI=1S/C30H33N5O4S/c1-38-24-18-21(30(36)33-10-4-12-35-13-15-40(37)16-14-35)17-22(19-24)34-29-20-23(9-11-32-29)39-28-8-7-27(31)25-5-2-3-6-26(25)28/h2-3,5-9,11,17-20H,4,10,12-16,31H2,1H3,(H,32,34)(H,33,36). The fourth-order valence-corrected chi connectivity index (χ4v) is 5.76. The van der Waals surface area contributed by atoms with Crippen molar-refractivity contribution in [1.82, 2.24) is 15.2 Å². The second-order valence-electron chi connectivity index (χ2n) is 9.55. The first-order chi connectivity index (χ1) is 19.5. The van der Waals surface area contributed by atoms with E-state index in [1.165, 1.54) is 0 Å². The third-order valence-corrected chi connectivity index (χ3v) is 8.04. The number of ether oxygens (including phenoxy) is 2. The van der Waals surface area contributed by atoms with Crippen LogP contribution < -0.4 is 25.8 Å². The quantitative estimate of drug-likeness (QED) is 0.147. The van der Waals surface area contributed by atoms with Gasteiger partial charge in [0.25, 0.3) is 5.91 Å². The van der Waals surface area contributed by atoms with Gasteiger partial charge in [-0.05, 0) is 36.8 Å². The van der Waals surface area contributed by atoms with Crippen molar-refractivity contribution in [3.05, 3.63) is 78.5 Å². The van der Waals surface area contributed by atoms with Gasteiger partial charge in [0.15, 0.2) is 0 Å². The molecule has 0 unspecified atom stereocenters. The van der Waals surface area contributed by atoms with Gasteiger partial charge in [0.05, 0.1) is 7.11 Å². The molecule has 1 aliphatic rings. The molecule has 10 heteroatoms. The molecule has 0 radical (unpaired) electrons. The van der Waals surface area contributed by atoms with Crippen LogP contribution in [0.4, 0.5) is 17.2 Å². The summed E-state index contributed by atoms with van der Waals surface area (Å²) in [4.78, 5) is 19.6. The van der Waals surface area contributed by atoms with Crippen LogP contribution in [-0.2, 0) is 11.2 Å². The summed E-state index contributed by atoms with van der Waals surface area (Å²) in [5, 5.41) is 8.10. The molecule has 1 aromatic heterocycles. The van der Waals surface area contributed by atoms with Gasteiger partial charge in [-0.2, -0.15) is 0 Å². The summed E-state index contributed by atoms with van der Waals surface area (Å²) in [5.41, 5.74) is 7.97. The van der Waals surface area contributed by atoms with Crippen LogP contribution in [0.15, 0.2) is 72.9 Å². The Hall–Kier alpha value is -3.99. The molecule has 1 aliphatic heterocycles. The molecule has 40 heavy (non-hydrogen) atoms. The van der Waals surface area contributed by atoms with Crippen LogP contribution in [0.1, 0.15) is 16.8 Å². The molecular weight excluding hydrogens is 526 g/mol. The van der Waals surface area contributed by atoms with Crippen molar-refractivity contribution in [2.45, 2.75) is 6.42 Å². The molecule has 4 N–H and O–H groups in total. The maximum Gasteiger partial charge on any atom is 0.251 e.